The Balaban J connectivity index is 1.79. The topological polar surface area (TPSA) is 24.5 Å². The summed E-state index contributed by atoms with van der Waals surface area (Å²) in [6.45, 7) is 8.47. The molecule has 1 fully saturated rings. The van der Waals surface area contributed by atoms with Gasteiger partial charge < -0.3 is 10.1 Å². The molecule has 20 heavy (non-hydrogen) atoms. The van der Waals surface area contributed by atoms with E-state index in [1.165, 1.54) is 17.5 Å². The molecule has 1 heterocycles. The van der Waals surface area contributed by atoms with Gasteiger partial charge in [-0.25, -0.2) is 0 Å². The van der Waals surface area contributed by atoms with Crippen molar-refractivity contribution in [3.8, 4) is 0 Å². The van der Waals surface area contributed by atoms with Gasteiger partial charge in [-0.2, -0.15) is 0 Å². The number of morpholine rings is 1. The van der Waals surface area contributed by atoms with Crippen LogP contribution in [0.15, 0.2) is 24.3 Å². The molecule has 0 aromatic heterocycles. The van der Waals surface area contributed by atoms with Gasteiger partial charge in [0.15, 0.2) is 0 Å². The Morgan fingerprint density at radius 3 is 2.95 bits per heavy atom. The number of fused-ring (bicyclic) bond motifs is 1. The predicted molar refractivity (Wildman–Crippen MR) is 82.0 cm³/mol. The molecule has 1 aromatic carbocycles. The summed E-state index contributed by atoms with van der Waals surface area (Å²) in [6.07, 6.45) is 2.70. The Morgan fingerprint density at radius 1 is 1.30 bits per heavy atom. The fourth-order valence-corrected chi connectivity index (χ4v) is 3.67. The second-order valence-corrected chi connectivity index (χ2v) is 5.90. The predicted octanol–water partition coefficient (Wildman–Crippen LogP) is 2.37. The molecular weight excluding hydrogens is 248 g/mol. The van der Waals surface area contributed by atoms with Gasteiger partial charge in [-0.1, -0.05) is 38.1 Å². The van der Waals surface area contributed by atoms with Crippen molar-refractivity contribution in [1.29, 1.82) is 0 Å². The number of hydrogen-bond acceptors (Lipinski definition) is 3. The molecule has 1 aliphatic heterocycles. The summed E-state index contributed by atoms with van der Waals surface area (Å²) in [5.41, 5.74) is 3.02. The largest absolute Gasteiger partial charge is 0.376 e. The molecule has 3 nitrogen and oxygen atoms in total. The van der Waals surface area contributed by atoms with Gasteiger partial charge in [0, 0.05) is 25.2 Å². The van der Waals surface area contributed by atoms with Gasteiger partial charge in [-0.3, -0.25) is 4.90 Å². The minimum atomic E-state index is 0.412. The molecule has 110 valence electrons. The highest BCUT2D eigenvalue weighted by atomic mass is 16.5. The number of hydrogen-bond donors (Lipinski definition) is 1. The number of rotatable bonds is 4. The Hall–Kier alpha value is -0.900. The minimum Gasteiger partial charge on any atom is -0.376 e. The van der Waals surface area contributed by atoms with Crippen LogP contribution in [-0.4, -0.2) is 43.3 Å². The average Bonchev–Trinajstić information content (AvgIpc) is 2.87. The lowest BCUT2D eigenvalue weighted by atomic mass is 10.0. The van der Waals surface area contributed by atoms with E-state index >= 15 is 0 Å². The molecule has 1 saturated heterocycles. The Labute approximate surface area is 122 Å². The van der Waals surface area contributed by atoms with E-state index < -0.39 is 0 Å². The van der Waals surface area contributed by atoms with Crippen LogP contribution in [0.1, 0.15) is 37.4 Å². The summed E-state index contributed by atoms with van der Waals surface area (Å²) in [7, 11) is 0. The molecule has 1 N–H and O–H groups in total. The maximum absolute atomic E-state index is 5.83. The Morgan fingerprint density at radius 2 is 2.15 bits per heavy atom. The van der Waals surface area contributed by atoms with Crippen LogP contribution in [-0.2, 0) is 11.2 Å². The normalized spacial score (nSPS) is 30.4. The maximum Gasteiger partial charge on any atom is 0.0700 e. The van der Waals surface area contributed by atoms with E-state index in [-0.39, 0.29) is 0 Å². The fourth-order valence-electron chi connectivity index (χ4n) is 3.67. The molecule has 3 rings (SSSR count). The van der Waals surface area contributed by atoms with Crippen LogP contribution >= 0.6 is 0 Å². The molecule has 0 saturated carbocycles. The standard InChI is InChI=1S/C17H26N2O/c1-3-14-12-19(9-10-20-14)16-11-13-7-5-6-8-15(13)17(16)18-4-2/h5-8,14,16-18H,3-4,9-12H2,1-2H3. The maximum atomic E-state index is 5.83. The number of benzene rings is 1. The van der Waals surface area contributed by atoms with Crippen LogP contribution in [0, 0.1) is 0 Å². The Bertz CT molecular complexity index is 448. The van der Waals surface area contributed by atoms with Crippen LogP contribution in [0.3, 0.4) is 0 Å². The second-order valence-electron chi connectivity index (χ2n) is 5.90. The van der Waals surface area contributed by atoms with E-state index in [0.29, 0.717) is 18.2 Å². The van der Waals surface area contributed by atoms with Gasteiger partial charge in [0.05, 0.1) is 12.7 Å². The van der Waals surface area contributed by atoms with Gasteiger partial charge in [-0.05, 0) is 30.5 Å². The number of likely N-dealkylation sites (N-methyl/N-ethyl adjacent to an activating group) is 1. The molecule has 0 spiro atoms. The lowest BCUT2D eigenvalue weighted by Crippen LogP contribution is -2.51. The second kappa shape index (κ2) is 6.25. The van der Waals surface area contributed by atoms with Gasteiger partial charge in [-0.15, -0.1) is 0 Å². The molecule has 2 aliphatic rings. The van der Waals surface area contributed by atoms with Crippen molar-refractivity contribution < 1.29 is 4.74 Å². The van der Waals surface area contributed by atoms with E-state index in [0.717, 1.165) is 32.7 Å². The van der Waals surface area contributed by atoms with Crippen molar-refractivity contribution in [1.82, 2.24) is 10.2 Å². The highest BCUT2D eigenvalue weighted by Gasteiger charge is 2.37. The first-order valence-electron chi connectivity index (χ1n) is 8.00. The van der Waals surface area contributed by atoms with E-state index in [2.05, 4.69) is 48.3 Å². The summed E-state index contributed by atoms with van der Waals surface area (Å²) in [4.78, 5) is 2.64. The zero-order chi connectivity index (χ0) is 13.9. The molecule has 1 aliphatic carbocycles. The van der Waals surface area contributed by atoms with E-state index in [9.17, 15) is 0 Å². The van der Waals surface area contributed by atoms with Crippen LogP contribution in [0.5, 0.6) is 0 Å². The van der Waals surface area contributed by atoms with Crippen molar-refractivity contribution in [3.05, 3.63) is 35.4 Å². The van der Waals surface area contributed by atoms with Crippen LogP contribution in [0.25, 0.3) is 0 Å². The van der Waals surface area contributed by atoms with Crippen molar-refractivity contribution in [2.45, 2.75) is 44.9 Å². The highest BCUT2D eigenvalue weighted by molar-refractivity contribution is 5.37. The zero-order valence-corrected chi connectivity index (χ0v) is 12.6. The van der Waals surface area contributed by atoms with Gasteiger partial charge in [0.25, 0.3) is 0 Å². The Kier molecular flexibility index (Phi) is 4.39. The SMILES string of the molecule is CCNC1c2ccccc2CC1N1CCOC(CC)C1. The average molecular weight is 274 g/mol. The first kappa shape index (κ1) is 14.1. The minimum absolute atomic E-state index is 0.412. The van der Waals surface area contributed by atoms with E-state index in [1.807, 2.05) is 0 Å². The van der Waals surface area contributed by atoms with Crippen molar-refractivity contribution in [3.63, 3.8) is 0 Å². The summed E-state index contributed by atoms with van der Waals surface area (Å²) < 4.78 is 5.83. The molecule has 0 amide bonds. The molecular formula is C17H26N2O. The lowest BCUT2D eigenvalue weighted by molar-refractivity contribution is -0.0478. The number of nitrogens with zero attached hydrogens (tertiary/aromatic N) is 1. The van der Waals surface area contributed by atoms with Crippen molar-refractivity contribution in [2.24, 2.45) is 0 Å². The smallest absolute Gasteiger partial charge is 0.0700 e. The number of nitrogens with one attached hydrogen (secondary N) is 1. The van der Waals surface area contributed by atoms with E-state index in [1.54, 1.807) is 0 Å². The van der Waals surface area contributed by atoms with Crippen LogP contribution in [0.4, 0.5) is 0 Å². The first-order chi connectivity index (χ1) is 9.83. The quantitative estimate of drug-likeness (QED) is 0.912. The monoisotopic (exact) mass is 274 g/mol. The third-order valence-electron chi connectivity index (χ3n) is 4.72. The lowest BCUT2D eigenvalue weighted by Gasteiger charge is -2.39. The first-order valence-corrected chi connectivity index (χ1v) is 8.00. The molecule has 3 unspecified atom stereocenters. The van der Waals surface area contributed by atoms with Gasteiger partial charge in [0.2, 0.25) is 0 Å². The zero-order valence-electron chi connectivity index (χ0n) is 12.6. The molecule has 3 heteroatoms. The third kappa shape index (κ3) is 2.62. The number of ether oxygens (including phenoxy) is 1. The van der Waals surface area contributed by atoms with Crippen molar-refractivity contribution >= 4 is 0 Å². The highest BCUT2D eigenvalue weighted by Crippen LogP contribution is 2.35. The van der Waals surface area contributed by atoms with Crippen LogP contribution in [0.2, 0.25) is 0 Å². The van der Waals surface area contributed by atoms with E-state index in [4.69, 9.17) is 4.74 Å². The molecule has 0 bridgehead atoms. The van der Waals surface area contributed by atoms with Crippen molar-refractivity contribution in [2.75, 3.05) is 26.2 Å². The molecule has 0 radical (unpaired) electrons. The summed E-state index contributed by atoms with van der Waals surface area (Å²) >= 11 is 0. The summed E-state index contributed by atoms with van der Waals surface area (Å²) in [5, 5.41) is 3.70. The fraction of sp³-hybridized carbons (Fsp3) is 0.647. The third-order valence-corrected chi connectivity index (χ3v) is 4.72. The van der Waals surface area contributed by atoms with Gasteiger partial charge >= 0.3 is 0 Å². The van der Waals surface area contributed by atoms with Crippen LogP contribution < -0.4 is 5.32 Å². The van der Waals surface area contributed by atoms with Gasteiger partial charge in [0.1, 0.15) is 0 Å². The molecule has 1 aromatic rings. The summed E-state index contributed by atoms with van der Waals surface area (Å²) in [5.74, 6) is 0. The molecule has 3 atom stereocenters. The summed E-state index contributed by atoms with van der Waals surface area (Å²) in [6, 6.07) is 9.98.